The summed E-state index contributed by atoms with van der Waals surface area (Å²) in [6.45, 7) is 9.61. The molecule has 1 aromatic carbocycles. The molecular formula is C78H116O38. The van der Waals surface area contributed by atoms with Gasteiger partial charge in [0.05, 0.1) is 76.4 Å². The van der Waals surface area contributed by atoms with Crippen molar-refractivity contribution >= 4 is 30.0 Å². The van der Waals surface area contributed by atoms with Gasteiger partial charge in [-0.25, -0.2) is 4.79 Å². The van der Waals surface area contributed by atoms with E-state index in [0.717, 1.165) is 18.6 Å². The van der Waals surface area contributed by atoms with Crippen LogP contribution in [-0.2, 0) is 85.5 Å². The fourth-order valence-corrected chi connectivity index (χ4v) is 21.0. The highest BCUT2D eigenvalue weighted by Gasteiger charge is 2.74. The van der Waals surface area contributed by atoms with Gasteiger partial charge in [0.2, 0.25) is 6.29 Å². The lowest BCUT2D eigenvalue weighted by Crippen LogP contribution is -2.71. The van der Waals surface area contributed by atoms with Crippen LogP contribution in [0.2, 0.25) is 0 Å². The highest BCUT2D eigenvalue weighted by atomic mass is 16.8. The first kappa shape index (κ1) is 90.3. The molecule has 11 aliphatic rings. The van der Waals surface area contributed by atoms with Gasteiger partial charge >= 0.3 is 23.9 Å². The SMILES string of the molecule is COc1ccc(C=CC(=O)O[C@@H]2[C@H](O[C@@H]3O[C@H](CO)[C@@H](O)[C@H](O)[C@H]3O)[C@@H](O[C@@H]3O[C@@H](C)[C@H](O[C@@H]4OC[C@@H](O[C@@H]5O[C@H](CO)[C@H](O)[C@H](O)[C@H]5O)[C@H](O)[C@H]4O)[C@@H](OC(C)=O)[C@H]3O)[C@H](OC(=O)[C@]34CCC(C)(C)C[C@H]3C3=CC[C@@H]5[C@@]6(C)C[C@H](O)[C@H](O[C@@H]7O[C@H](CO)[C@@H](O)[C@H](O)[C@H]7O)[C@@](C)(C(=O)O)[C@@H]6CC[C@@]5(C)[C@]3(CO)CC4)O[C@@H]2C)cc1OC. The molecule has 656 valence electrons. The predicted molar refractivity (Wildman–Crippen MR) is 386 cm³/mol. The van der Waals surface area contributed by atoms with Crippen molar-refractivity contribution in [2.24, 2.45) is 50.2 Å². The molecule has 0 spiro atoms. The zero-order valence-corrected chi connectivity index (χ0v) is 66.2. The zero-order chi connectivity index (χ0) is 84.7. The maximum Gasteiger partial charge on any atom is 0.331 e. The van der Waals surface area contributed by atoms with Gasteiger partial charge in [0.25, 0.3) is 0 Å². The number of rotatable bonds is 23. The number of benzene rings is 1. The highest BCUT2D eigenvalue weighted by Crippen LogP contribution is 2.76. The van der Waals surface area contributed by atoms with E-state index in [1.807, 2.05) is 26.8 Å². The molecule has 38 heteroatoms. The standard InChI is InChI=1S/C78H116O38/c1-31-59(112-65-54(93)50(89)43(29-103-65)110-66-55(94)51(90)47(86)40(26-79)107-66)61(106-33(3)83)58(97)69(104-31)114-63-62(113-67-56(95)52(91)48(87)41(27-80)108-67)60(111-46(85)16-12-34-11-14-38(101-9)39(23-34)102-10)32(2)105-70(63)116-72(100)77-20-19-73(4,5)24-36(77)35-13-15-44-74(6)25-37(84)64(115-68-57(96)53(92)49(88)42(28-81)109-68)76(8,71(98)99)45(74)17-18-75(44,7)78(35,30-82)22-21-77/h11-14,16,23,31-32,36-37,40-45,47-70,79-82,84,86-97H,15,17-22,24-30H2,1-10H3,(H,98,99)/t31-,32+,36-,37-,40+,41+,42+,43+,44+,45+,47-,48+,49+,50-,51-,52-,53-,54+,55+,56+,57+,58+,59-,60-,61-,62-,63+,64-,65-,66-,67-,68-,69-,70-,74+,75+,76-,77-,78-/m0/s1. The van der Waals surface area contributed by atoms with Crippen molar-refractivity contribution in [3.05, 3.63) is 41.5 Å². The number of aliphatic carboxylic acids is 1. The summed E-state index contributed by atoms with van der Waals surface area (Å²) in [5, 5.41) is 200. The Labute approximate surface area is 668 Å². The Morgan fingerprint density at radius 3 is 1.63 bits per heavy atom. The van der Waals surface area contributed by atoms with E-state index in [4.69, 9.17) is 75.8 Å². The van der Waals surface area contributed by atoms with Gasteiger partial charge in [-0.2, -0.15) is 0 Å². The summed E-state index contributed by atoms with van der Waals surface area (Å²) in [6, 6.07) is 4.74. The summed E-state index contributed by atoms with van der Waals surface area (Å²) in [6.07, 6.45) is -50.4. The number of hydrogen-bond acceptors (Lipinski definition) is 37. The molecular weight excluding hydrogens is 1540 g/mol. The molecule has 12 rings (SSSR count). The maximum absolute atomic E-state index is 16.5. The van der Waals surface area contributed by atoms with Crippen LogP contribution in [0.25, 0.3) is 6.08 Å². The molecule has 38 nitrogen and oxygen atoms in total. The normalized spacial score (nSPS) is 48.1. The van der Waals surface area contributed by atoms with Gasteiger partial charge in [-0.1, -0.05) is 45.4 Å². The average molecular weight is 1660 g/mol. The average Bonchev–Trinajstić information content (AvgIpc) is 0.667. The molecule has 1 aromatic rings. The molecule has 6 heterocycles. The topological polar surface area (TPSA) is 580 Å². The highest BCUT2D eigenvalue weighted by molar-refractivity contribution is 5.87. The smallest absolute Gasteiger partial charge is 0.331 e. The third-order valence-electron chi connectivity index (χ3n) is 27.5. The second-order valence-electron chi connectivity index (χ2n) is 34.7. The minimum Gasteiger partial charge on any atom is -0.493 e. The fraction of sp³-hybridized carbons (Fsp3) is 0.821. The molecule has 18 N–H and O–H groups in total. The summed E-state index contributed by atoms with van der Waals surface area (Å²) in [5.74, 6) is -5.62. The number of carboxylic acid groups (broad SMARTS) is 1. The first-order valence-electron chi connectivity index (χ1n) is 39.6. The van der Waals surface area contributed by atoms with Crippen LogP contribution >= 0.6 is 0 Å². The predicted octanol–water partition coefficient (Wildman–Crippen LogP) is -3.83. The molecule has 10 fully saturated rings. The van der Waals surface area contributed by atoms with Crippen molar-refractivity contribution in [1.29, 1.82) is 0 Å². The summed E-state index contributed by atoms with van der Waals surface area (Å²) >= 11 is 0. The van der Waals surface area contributed by atoms with Gasteiger partial charge in [0, 0.05) is 18.4 Å². The number of carbonyl (C=O) groups excluding carboxylic acids is 3. The fourth-order valence-electron chi connectivity index (χ4n) is 21.0. The largest absolute Gasteiger partial charge is 0.493 e. The van der Waals surface area contributed by atoms with Crippen LogP contribution in [0.5, 0.6) is 11.5 Å². The van der Waals surface area contributed by atoms with Crippen LogP contribution < -0.4 is 9.47 Å². The van der Waals surface area contributed by atoms with Gasteiger partial charge in [-0.3, -0.25) is 14.4 Å². The Morgan fingerprint density at radius 2 is 1.06 bits per heavy atom. The van der Waals surface area contributed by atoms with Gasteiger partial charge in [-0.15, -0.1) is 0 Å². The minimum absolute atomic E-state index is 0.0401. The summed E-state index contributed by atoms with van der Waals surface area (Å²) in [5.41, 5.74) is -5.80. The lowest BCUT2D eigenvalue weighted by atomic mass is 9.33. The first-order valence-corrected chi connectivity index (χ1v) is 39.6. The Morgan fingerprint density at radius 1 is 0.526 bits per heavy atom. The number of aliphatic hydroxyl groups excluding tert-OH is 17. The van der Waals surface area contributed by atoms with E-state index in [1.165, 1.54) is 41.1 Å². The molecule has 0 amide bonds. The number of hydrogen-bond donors (Lipinski definition) is 18. The number of ether oxygens (including phenoxy) is 16. The molecule has 39 atom stereocenters. The van der Waals surface area contributed by atoms with Crippen LogP contribution in [0, 0.1) is 50.2 Å². The van der Waals surface area contributed by atoms with E-state index in [0.29, 0.717) is 36.3 Å². The number of fused-ring (bicyclic) bond motifs is 7. The number of allylic oxidation sites excluding steroid dienone is 1. The van der Waals surface area contributed by atoms with E-state index in [2.05, 4.69) is 6.92 Å². The van der Waals surface area contributed by atoms with E-state index in [9.17, 15) is 106 Å². The molecule has 0 bridgehead atoms. The second kappa shape index (κ2) is 35.1. The monoisotopic (exact) mass is 1660 g/mol. The van der Waals surface area contributed by atoms with Crippen molar-refractivity contribution in [3.63, 3.8) is 0 Å². The van der Waals surface area contributed by atoms with Crippen LogP contribution in [0.4, 0.5) is 0 Å². The molecule has 6 saturated heterocycles. The van der Waals surface area contributed by atoms with E-state index in [1.54, 1.807) is 18.2 Å². The minimum atomic E-state index is -2.22. The Balaban J connectivity index is 0.886. The van der Waals surface area contributed by atoms with Gasteiger partial charge < -0.3 is 168 Å². The molecule has 4 saturated carbocycles. The maximum atomic E-state index is 16.5. The van der Waals surface area contributed by atoms with E-state index >= 15 is 4.79 Å². The Hall–Kier alpha value is -4.94. The third kappa shape index (κ3) is 16.1. The van der Waals surface area contributed by atoms with Crippen molar-refractivity contribution in [3.8, 4) is 11.5 Å². The number of carboxylic acids is 1. The number of methoxy groups -OCH3 is 2. The van der Waals surface area contributed by atoms with Crippen LogP contribution in [-0.4, -0.2) is 353 Å². The quantitative estimate of drug-likeness (QED) is 0.0164. The lowest BCUT2D eigenvalue weighted by molar-refractivity contribution is -0.393. The van der Waals surface area contributed by atoms with Crippen LogP contribution in [0.15, 0.2) is 35.9 Å². The molecule has 6 aliphatic heterocycles. The second-order valence-corrected chi connectivity index (χ2v) is 34.7. The molecule has 116 heavy (non-hydrogen) atoms. The summed E-state index contributed by atoms with van der Waals surface area (Å²) in [4.78, 5) is 58.3. The van der Waals surface area contributed by atoms with Crippen molar-refractivity contribution in [2.45, 2.75) is 304 Å². The van der Waals surface area contributed by atoms with E-state index in [-0.39, 0.29) is 38.5 Å². The van der Waals surface area contributed by atoms with E-state index < -0.39 is 297 Å². The molecule has 0 unspecified atom stereocenters. The molecule has 0 radical (unpaired) electrons. The summed E-state index contributed by atoms with van der Waals surface area (Å²) < 4.78 is 97.2. The first-order chi connectivity index (χ1) is 54.7. The van der Waals surface area contributed by atoms with Crippen LogP contribution in [0.1, 0.15) is 119 Å². The lowest BCUT2D eigenvalue weighted by Gasteiger charge is -2.71. The summed E-state index contributed by atoms with van der Waals surface area (Å²) in [7, 11) is 2.83. The van der Waals surface area contributed by atoms with Crippen molar-refractivity contribution < 1.29 is 187 Å². The molecule has 5 aliphatic carbocycles. The number of carbonyl (C=O) groups is 4. The number of esters is 3. The van der Waals surface area contributed by atoms with Gasteiger partial charge in [-0.05, 0) is 136 Å². The number of aliphatic hydroxyl groups is 17. The van der Waals surface area contributed by atoms with Crippen LogP contribution in [0.3, 0.4) is 0 Å². The van der Waals surface area contributed by atoms with Crippen molar-refractivity contribution in [1.82, 2.24) is 0 Å². The zero-order valence-electron chi connectivity index (χ0n) is 66.2. The third-order valence-corrected chi connectivity index (χ3v) is 27.5. The van der Waals surface area contributed by atoms with Gasteiger partial charge in [0.1, 0.15) is 116 Å². The Kier molecular flexibility index (Phi) is 27.3. The molecule has 0 aromatic heterocycles. The van der Waals surface area contributed by atoms with Crippen molar-refractivity contribution in [2.75, 3.05) is 47.3 Å². The Bertz CT molecular complexity index is 3660. The van der Waals surface area contributed by atoms with Gasteiger partial charge in [0.15, 0.2) is 61.3 Å².